The Hall–Kier alpha value is -1.07. The van der Waals surface area contributed by atoms with Gasteiger partial charge >= 0.3 is 6.18 Å². The Morgan fingerprint density at radius 3 is 2.39 bits per heavy atom. The summed E-state index contributed by atoms with van der Waals surface area (Å²) in [6.45, 7) is 0.153. The second-order valence-corrected chi connectivity index (χ2v) is 4.41. The van der Waals surface area contributed by atoms with Crippen molar-refractivity contribution in [2.45, 2.75) is 25.1 Å². The Labute approximate surface area is 105 Å². The Bertz CT molecular complexity index is 340. The minimum atomic E-state index is -4.53. The molecule has 18 heavy (non-hydrogen) atoms. The van der Waals surface area contributed by atoms with Crippen LogP contribution in [0, 0.1) is 0 Å². The SMILES string of the molecule is CN(CCCc1ccccc1)CC(O)C(F)(F)F. The van der Waals surface area contributed by atoms with Gasteiger partial charge in [0.25, 0.3) is 0 Å². The van der Waals surface area contributed by atoms with Crippen LogP contribution in [-0.2, 0) is 6.42 Å². The molecule has 0 radical (unpaired) electrons. The first-order chi connectivity index (χ1) is 8.39. The van der Waals surface area contributed by atoms with Crippen molar-refractivity contribution in [3.8, 4) is 0 Å². The maximum absolute atomic E-state index is 12.1. The first-order valence-corrected chi connectivity index (χ1v) is 5.87. The summed E-state index contributed by atoms with van der Waals surface area (Å²) in [7, 11) is 1.58. The minimum Gasteiger partial charge on any atom is -0.382 e. The summed E-state index contributed by atoms with van der Waals surface area (Å²) < 4.78 is 36.4. The molecule has 0 aliphatic carbocycles. The van der Waals surface area contributed by atoms with E-state index in [1.165, 1.54) is 10.5 Å². The van der Waals surface area contributed by atoms with Crippen LogP contribution in [0.2, 0.25) is 0 Å². The Balaban J connectivity index is 2.24. The monoisotopic (exact) mass is 261 g/mol. The highest BCUT2D eigenvalue weighted by atomic mass is 19.4. The van der Waals surface area contributed by atoms with Crippen molar-refractivity contribution in [1.29, 1.82) is 0 Å². The van der Waals surface area contributed by atoms with Crippen LogP contribution in [0.4, 0.5) is 13.2 Å². The van der Waals surface area contributed by atoms with Gasteiger partial charge in [-0.05, 0) is 32.0 Å². The molecule has 102 valence electrons. The summed E-state index contributed by atoms with van der Waals surface area (Å²) in [4.78, 5) is 1.50. The molecule has 0 saturated heterocycles. The van der Waals surface area contributed by atoms with Crippen LogP contribution in [0.5, 0.6) is 0 Å². The second kappa shape index (κ2) is 6.75. The third-order valence-electron chi connectivity index (χ3n) is 2.71. The molecule has 1 aromatic rings. The molecule has 0 aliphatic rings. The minimum absolute atomic E-state index is 0.377. The van der Waals surface area contributed by atoms with Crippen molar-refractivity contribution >= 4 is 0 Å². The zero-order valence-corrected chi connectivity index (χ0v) is 10.3. The number of aliphatic hydroxyl groups is 1. The molecule has 1 atom stereocenters. The van der Waals surface area contributed by atoms with E-state index in [9.17, 15) is 13.2 Å². The normalized spacial score (nSPS) is 13.9. The molecule has 1 unspecified atom stereocenters. The van der Waals surface area contributed by atoms with Crippen molar-refractivity contribution in [3.05, 3.63) is 35.9 Å². The summed E-state index contributed by atoms with van der Waals surface area (Å²) in [6, 6.07) is 9.78. The van der Waals surface area contributed by atoms with E-state index < -0.39 is 12.3 Å². The van der Waals surface area contributed by atoms with Gasteiger partial charge in [-0.1, -0.05) is 30.3 Å². The molecule has 0 saturated carbocycles. The van der Waals surface area contributed by atoms with Crippen LogP contribution in [0.15, 0.2) is 30.3 Å². The van der Waals surface area contributed by atoms with E-state index in [1.54, 1.807) is 7.05 Å². The molecular formula is C13H18F3NO. The lowest BCUT2D eigenvalue weighted by molar-refractivity contribution is -0.207. The summed E-state index contributed by atoms with van der Waals surface area (Å²) in [6.07, 6.45) is -5.20. The van der Waals surface area contributed by atoms with Gasteiger partial charge in [0, 0.05) is 6.54 Å². The third kappa shape index (κ3) is 5.51. The van der Waals surface area contributed by atoms with Gasteiger partial charge in [0.05, 0.1) is 0 Å². The quantitative estimate of drug-likeness (QED) is 0.850. The molecule has 1 N–H and O–H groups in total. The number of alkyl halides is 3. The third-order valence-corrected chi connectivity index (χ3v) is 2.71. The lowest BCUT2D eigenvalue weighted by Crippen LogP contribution is -2.39. The number of halogens is 3. The summed E-state index contributed by atoms with van der Waals surface area (Å²) in [5, 5.41) is 8.91. The maximum atomic E-state index is 12.1. The van der Waals surface area contributed by atoms with Crippen LogP contribution < -0.4 is 0 Å². The summed E-state index contributed by atoms with van der Waals surface area (Å²) in [5.41, 5.74) is 1.17. The van der Waals surface area contributed by atoms with E-state index in [0.29, 0.717) is 6.54 Å². The second-order valence-electron chi connectivity index (χ2n) is 4.41. The van der Waals surface area contributed by atoms with Crippen LogP contribution in [-0.4, -0.2) is 42.4 Å². The number of likely N-dealkylation sites (N-methyl/N-ethyl adjacent to an activating group) is 1. The maximum Gasteiger partial charge on any atom is 0.415 e. The molecule has 0 aromatic heterocycles. The highest BCUT2D eigenvalue weighted by molar-refractivity contribution is 5.14. The van der Waals surface area contributed by atoms with Crippen LogP contribution in [0.25, 0.3) is 0 Å². The fraction of sp³-hybridized carbons (Fsp3) is 0.538. The first kappa shape index (κ1) is 15.0. The van der Waals surface area contributed by atoms with Gasteiger partial charge in [-0.2, -0.15) is 13.2 Å². The van der Waals surface area contributed by atoms with Crippen LogP contribution in [0.3, 0.4) is 0 Å². The molecule has 0 amide bonds. The largest absolute Gasteiger partial charge is 0.415 e. The van der Waals surface area contributed by atoms with Crippen molar-refractivity contribution < 1.29 is 18.3 Å². The Morgan fingerprint density at radius 2 is 1.83 bits per heavy atom. The van der Waals surface area contributed by atoms with Crippen molar-refractivity contribution in [2.75, 3.05) is 20.1 Å². The van der Waals surface area contributed by atoms with Gasteiger partial charge in [-0.15, -0.1) is 0 Å². The standard InChI is InChI=1S/C13H18F3NO/c1-17(10-12(18)13(14,15)16)9-5-8-11-6-3-2-4-7-11/h2-4,6-7,12,18H,5,8-10H2,1H3. The lowest BCUT2D eigenvalue weighted by Gasteiger charge is -2.22. The molecule has 0 bridgehead atoms. The zero-order valence-electron chi connectivity index (χ0n) is 10.3. The van der Waals surface area contributed by atoms with Gasteiger partial charge in [-0.25, -0.2) is 0 Å². The predicted octanol–water partition coefficient (Wildman–Crippen LogP) is 2.47. The molecule has 0 aliphatic heterocycles. The molecule has 5 heteroatoms. The van der Waals surface area contributed by atoms with E-state index in [4.69, 9.17) is 5.11 Å². The van der Waals surface area contributed by atoms with Gasteiger partial charge in [-0.3, -0.25) is 0 Å². The number of aryl methyl sites for hydroxylation is 1. The molecule has 1 aromatic carbocycles. The number of rotatable bonds is 6. The topological polar surface area (TPSA) is 23.5 Å². The van der Waals surface area contributed by atoms with E-state index in [2.05, 4.69) is 0 Å². The highest BCUT2D eigenvalue weighted by Crippen LogP contribution is 2.20. The van der Waals surface area contributed by atoms with Crippen molar-refractivity contribution in [1.82, 2.24) is 4.90 Å². The van der Waals surface area contributed by atoms with Gasteiger partial charge < -0.3 is 10.0 Å². The molecular weight excluding hydrogens is 243 g/mol. The fourth-order valence-electron chi connectivity index (χ4n) is 1.69. The smallest absolute Gasteiger partial charge is 0.382 e. The van der Waals surface area contributed by atoms with Gasteiger partial charge in [0.2, 0.25) is 0 Å². The van der Waals surface area contributed by atoms with Crippen LogP contribution in [0.1, 0.15) is 12.0 Å². The Kier molecular flexibility index (Phi) is 5.62. The number of hydrogen-bond donors (Lipinski definition) is 1. The van der Waals surface area contributed by atoms with E-state index in [1.807, 2.05) is 30.3 Å². The van der Waals surface area contributed by atoms with Gasteiger partial charge in [0.15, 0.2) is 6.10 Å². The molecule has 0 fully saturated rings. The fourth-order valence-corrected chi connectivity index (χ4v) is 1.69. The van der Waals surface area contributed by atoms with E-state index in [-0.39, 0.29) is 6.54 Å². The number of benzene rings is 1. The lowest BCUT2D eigenvalue weighted by atomic mass is 10.1. The van der Waals surface area contributed by atoms with Crippen molar-refractivity contribution in [2.24, 2.45) is 0 Å². The predicted molar refractivity (Wildman–Crippen MR) is 64.3 cm³/mol. The number of nitrogens with zero attached hydrogens (tertiary/aromatic N) is 1. The Morgan fingerprint density at radius 1 is 1.22 bits per heavy atom. The zero-order chi connectivity index (χ0) is 13.6. The van der Waals surface area contributed by atoms with Crippen molar-refractivity contribution in [3.63, 3.8) is 0 Å². The number of aliphatic hydroxyl groups excluding tert-OH is 1. The average Bonchev–Trinajstić information content (AvgIpc) is 2.29. The molecule has 2 nitrogen and oxygen atoms in total. The molecule has 0 spiro atoms. The molecule has 0 heterocycles. The van der Waals surface area contributed by atoms with Gasteiger partial charge in [0.1, 0.15) is 0 Å². The first-order valence-electron chi connectivity index (χ1n) is 5.87. The highest BCUT2D eigenvalue weighted by Gasteiger charge is 2.38. The van der Waals surface area contributed by atoms with Crippen LogP contribution >= 0.6 is 0 Å². The average molecular weight is 261 g/mol. The summed E-state index contributed by atoms with van der Waals surface area (Å²) in [5.74, 6) is 0. The van der Waals surface area contributed by atoms with E-state index >= 15 is 0 Å². The molecule has 1 rings (SSSR count). The summed E-state index contributed by atoms with van der Waals surface area (Å²) >= 11 is 0. The van der Waals surface area contributed by atoms with E-state index in [0.717, 1.165) is 12.8 Å². The number of hydrogen-bond acceptors (Lipinski definition) is 2.